The monoisotopic (exact) mass is 389 g/mol. The average molecular weight is 390 g/mol. The first-order chi connectivity index (χ1) is 12.7. The Balaban J connectivity index is 1.42. The van der Waals surface area contributed by atoms with Gasteiger partial charge in [0.05, 0.1) is 46.2 Å². The number of hydrogen-bond donors (Lipinski definition) is 1. The highest BCUT2D eigenvalue weighted by Gasteiger charge is 2.18. The summed E-state index contributed by atoms with van der Waals surface area (Å²) in [6, 6.07) is 6.17. The van der Waals surface area contributed by atoms with E-state index in [1.165, 1.54) is 11.8 Å². The molecule has 1 atom stereocenters. The summed E-state index contributed by atoms with van der Waals surface area (Å²) < 4.78 is 9.02. The predicted molar refractivity (Wildman–Crippen MR) is 102 cm³/mol. The Morgan fingerprint density at radius 2 is 2.42 bits per heavy atom. The maximum Gasteiger partial charge on any atom is 0.230 e. The second kappa shape index (κ2) is 7.73. The van der Waals surface area contributed by atoms with Gasteiger partial charge >= 0.3 is 0 Å². The second-order valence-electron chi connectivity index (χ2n) is 6.06. The zero-order chi connectivity index (χ0) is 17.9. The van der Waals surface area contributed by atoms with Crippen LogP contribution in [0.4, 0.5) is 0 Å². The molecule has 1 amide bonds. The highest BCUT2D eigenvalue weighted by atomic mass is 32.2. The van der Waals surface area contributed by atoms with Crippen LogP contribution in [0.15, 0.2) is 28.7 Å². The van der Waals surface area contributed by atoms with Crippen LogP contribution >= 0.6 is 23.1 Å². The summed E-state index contributed by atoms with van der Waals surface area (Å²) in [5, 5.41) is 11.3. The van der Waals surface area contributed by atoms with E-state index in [-0.39, 0.29) is 11.9 Å². The van der Waals surface area contributed by atoms with Gasteiger partial charge in [0, 0.05) is 6.61 Å². The number of amides is 1. The van der Waals surface area contributed by atoms with Crippen molar-refractivity contribution in [3.05, 3.63) is 30.1 Å². The van der Waals surface area contributed by atoms with Crippen LogP contribution < -0.4 is 5.32 Å². The first-order valence-electron chi connectivity index (χ1n) is 8.53. The minimum atomic E-state index is 0.0279. The van der Waals surface area contributed by atoms with Crippen molar-refractivity contribution in [3.63, 3.8) is 0 Å². The molecule has 1 aliphatic rings. The van der Waals surface area contributed by atoms with Gasteiger partial charge in [0.2, 0.25) is 5.91 Å². The maximum atomic E-state index is 12.0. The fourth-order valence-corrected chi connectivity index (χ4v) is 4.64. The molecule has 1 aromatic carbocycles. The molecule has 0 saturated carbocycles. The molecule has 1 unspecified atom stereocenters. The molecule has 0 radical (unpaired) electrons. The van der Waals surface area contributed by atoms with Crippen molar-refractivity contribution in [1.29, 1.82) is 0 Å². The van der Waals surface area contributed by atoms with Crippen molar-refractivity contribution in [2.75, 3.05) is 19.0 Å². The Morgan fingerprint density at radius 1 is 1.50 bits per heavy atom. The summed E-state index contributed by atoms with van der Waals surface area (Å²) in [5.74, 6) is 0.395. The number of carbonyl (C=O) groups is 1. The third-order valence-electron chi connectivity index (χ3n) is 4.14. The topological polar surface area (TPSA) is 81.9 Å². The van der Waals surface area contributed by atoms with Gasteiger partial charge in [-0.1, -0.05) is 23.9 Å². The van der Waals surface area contributed by atoms with Gasteiger partial charge in [-0.2, -0.15) is 0 Å². The van der Waals surface area contributed by atoms with E-state index in [1.54, 1.807) is 16.0 Å². The molecule has 1 N–H and O–H groups in total. The first kappa shape index (κ1) is 17.4. The van der Waals surface area contributed by atoms with Crippen LogP contribution in [0, 0.1) is 0 Å². The van der Waals surface area contributed by atoms with Crippen molar-refractivity contribution in [2.45, 2.75) is 30.1 Å². The number of nitrogens with one attached hydrogen (secondary N) is 1. The van der Waals surface area contributed by atoms with Gasteiger partial charge in [-0.05, 0) is 31.0 Å². The number of aromatic nitrogens is 4. The number of carbonyl (C=O) groups excluding carboxylic acids is 1. The minimum Gasteiger partial charge on any atom is -0.379 e. The molecule has 3 aromatic rings. The number of fused-ring (bicyclic) bond motifs is 1. The summed E-state index contributed by atoms with van der Waals surface area (Å²) in [6.45, 7) is 3.40. The zero-order valence-corrected chi connectivity index (χ0v) is 16.0. The van der Waals surface area contributed by atoms with Crippen molar-refractivity contribution in [2.24, 2.45) is 0 Å². The number of benzene rings is 1. The van der Waals surface area contributed by atoms with Crippen LogP contribution in [0.3, 0.4) is 0 Å². The maximum absolute atomic E-state index is 12.0. The number of hydrogen-bond acceptors (Lipinski definition) is 7. The summed E-state index contributed by atoms with van der Waals surface area (Å²) in [7, 11) is 0. The van der Waals surface area contributed by atoms with Crippen LogP contribution in [-0.4, -0.2) is 50.9 Å². The van der Waals surface area contributed by atoms with Crippen molar-refractivity contribution >= 4 is 39.2 Å². The van der Waals surface area contributed by atoms with Gasteiger partial charge in [-0.25, -0.2) is 9.67 Å². The van der Waals surface area contributed by atoms with Crippen molar-refractivity contribution < 1.29 is 9.53 Å². The summed E-state index contributed by atoms with van der Waals surface area (Å²) >= 11 is 3.06. The standard InChI is InChI=1S/C17H19N5O2S2/c1-2-11-8-22(21-20-11)13-3-4-14-15(7-13)26-17(19-14)25-10-16(23)18-12-5-6-24-9-12/h3-4,7-8,12H,2,5-6,9-10H2,1H3,(H,18,23). The van der Waals surface area contributed by atoms with Gasteiger partial charge < -0.3 is 10.1 Å². The lowest BCUT2D eigenvalue weighted by Crippen LogP contribution is -2.36. The molecule has 1 aliphatic heterocycles. The molecule has 0 bridgehead atoms. The number of thioether (sulfide) groups is 1. The van der Waals surface area contributed by atoms with Crippen LogP contribution in [0.5, 0.6) is 0 Å². The third-order valence-corrected chi connectivity index (χ3v) is 6.30. The minimum absolute atomic E-state index is 0.0279. The number of aryl methyl sites for hydroxylation is 1. The molecule has 0 aliphatic carbocycles. The highest BCUT2D eigenvalue weighted by molar-refractivity contribution is 8.01. The molecule has 136 valence electrons. The van der Waals surface area contributed by atoms with E-state index in [9.17, 15) is 4.79 Å². The number of nitrogens with zero attached hydrogens (tertiary/aromatic N) is 4. The lowest BCUT2D eigenvalue weighted by atomic mass is 10.3. The fraction of sp³-hybridized carbons (Fsp3) is 0.412. The Kier molecular flexibility index (Phi) is 5.18. The van der Waals surface area contributed by atoms with E-state index >= 15 is 0 Å². The molecule has 1 saturated heterocycles. The van der Waals surface area contributed by atoms with Crippen molar-refractivity contribution in [3.8, 4) is 5.69 Å². The quantitative estimate of drug-likeness (QED) is 0.652. The predicted octanol–water partition coefficient (Wildman–Crippen LogP) is 2.44. The number of rotatable bonds is 6. The Hall–Kier alpha value is -1.97. The van der Waals surface area contributed by atoms with E-state index in [4.69, 9.17) is 4.74 Å². The SMILES string of the molecule is CCc1cn(-c2ccc3nc(SCC(=O)NC4CCOC4)sc3c2)nn1. The van der Waals surface area contributed by atoms with Gasteiger partial charge in [0.15, 0.2) is 4.34 Å². The number of thiazole rings is 1. The van der Waals surface area contributed by atoms with Crippen molar-refractivity contribution in [1.82, 2.24) is 25.3 Å². The van der Waals surface area contributed by atoms with Gasteiger partial charge in [0.1, 0.15) is 0 Å². The first-order valence-corrected chi connectivity index (χ1v) is 10.3. The molecule has 1 fully saturated rings. The Bertz CT molecular complexity index is 917. The summed E-state index contributed by atoms with van der Waals surface area (Å²) in [5.41, 5.74) is 2.86. The average Bonchev–Trinajstić information content (AvgIpc) is 3.39. The molecule has 26 heavy (non-hydrogen) atoms. The number of ether oxygens (including phenoxy) is 1. The molecule has 4 rings (SSSR count). The summed E-state index contributed by atoms with van der Waals surface area (Å²) in [6.07, 6.45) is 3.69. The van der Waals surface area contributed by atoms with Crippen LogP contribution in [-0.2, 0) is 16.0 Å². The largest absolute Gasteiger partial charge is 0.379 e. The molecule has 7 nitrogen and oxygen atoms in total. The van der Waals surface area contributed by atoms with Crippen LogP contribution in [0.25, 0.3) is 15.9 Å². The van der Waals surface area contributed by atoms with E-state index in [2.05, 4.69) is 33.6 Å². The molecular weight excluding hydrogens is 370 g/mol. The van der Waals surface area contributed by atoms with Crippen LogP contribution in [0.2, 0.25) is 0 Å². The van der Waals surface area contributed by atoms with Crippen LogP contribution in [0.1, 0.15) is 19.0 Å². The van der Waals surface area contributed by atoms with E-state index in [1.807, 2.05) is 18.3 Å². The normalized spacial score (nSPS) is 17.0. The highest BCUT2D eigenvalue weighted by Crippen LogP contribution is 2.30. The zero-order valence-electron chi connectivity index (χ0n) is 14.3. The van der Waals surface area contributed by atoms with Gasteiger partial charge in [-0.3, -0.25) is 4.79 Å². The van der Waals surface area contributed by atoms with E-state index in [0.717, 1.165) is 45.4 Å². The summed E-state index contributed by atoms with van der Waals surface area (Å²) in [4.78, 5) is 16.6. The lowest BCUT2D eigenvalue weighted by Gasteiger charge is -2.09. The molecule has 2 aromatic heterocycles. The Labute approximate surface area is 159 Å². The van der Waals surface area contributed by atoms with E-state index in [0.29, 0.717) is 12.4 Å². The van der Waals surface area contributed by atoms with Gasteiger partial charge in [-0.15, -0.1) is 16.4 Å². The molecular formula is C17H19N5O2S2. The molecule has 3 heterocycles. The Morgan fingerprint density at radius 3 is 3.19 bits per heavy atom. The molecule has 9 heteroatoms. The fourth-order valence-electron chi connectivity index (χ4n) is 2.73. The molecule has 0 spiro atoms. The third kappa shape index (κ3) is 3.89. The van der Waals surface area contributed by atoms with E-state index < -0.39 is 0 Å². The lowest BCUT2D eigenvalue weighted by molar-refractivity contribution is -0.119. The van der Waals surface area contributed by atoms with Gasteiger partial charge in [0.25, 0.3) is 0 Å². The smallest absolute Gasteiger partial charge is 0.230 e. The second-order valence-corrected chi connectivity index (χ2v) is 8.31.